The molecule has 4 saturated carbocycles. The van der Waals surface area contributed by atoms with Crippen LogP contribution >= 0.6 is 0 Å². The van der Waals surface area contributed by atoms with Crippen molar-refractivity contribution in [3.8, 4) is 0 Å². The second-order valence-electron chi connectivity index (χ2n) is 17.9. The van der Waals surface area contributed by atoms with E-state index in [1.54, 1.807) is 13.8 Å². The van der Waals surface area contributed by atoms with E-state index in [1.807, 2.05) is 0 Å². The van der Waals surface area contributed by atoms with Gasteiger partial charge in [0.05, 0.1) is 30.5 Å². The van der Waals surface area contributed by atoms with Gasteiger partial charge in [-0.15, -0.1) is 0 Å². The Morgan fingerprint density at radius 1 is 1.00 bits per heavy atom. The van der Waals surface area contributed by atoms with Crippen LogP contribution in [0, 0.1) is 44.8 Å². The molecule has 2 bridgehead atoms. The fourth-order valence-corrected chi connectivity index (χ4v) is 13.2. The van der Waals surface area contributed by atoms with E-state index in [0.29, 0.717) is 12.8 Å². The summed E-state index contributed by atoms with van der Waals surface area (Å²) in [5, 5.41) is 66.9. The zero-order valence-corrected chi connectivity index (χ0v) is 27.8. The molecule has 17 atom stereocenters. The van der Waals surface area contributed by atoms with Gasteiger partial charge in [-0.25, -0.2) is 0 Å². The quantitative estimate of drug-likeness (QED) is 0.254. The van der Waals surface area contributed by atoms with Crippen LogP contribution in [0.5, 0.6) is 0 Å². The number of aliphatic hydroxyl groups is 6. The largest absolute Gasteiger partial charge is 0.392 e. The van der Waals surface area contributed by atoms with Gasteiger partial charge in [-0.3, -0.25) is 0 Å². The molecule has 8 rings (SSSR count). The van der Waals surface area contributed by atoms with Gasteiger partial charge < -0.3 is 49.6 Å². The third-order valence-corrected chi connectivity index (χ3v) is 15.3. The Kier molecular flexibility index (Phi) is 6.40. The smallest absolute Gasteiger partial charge is 0.200 e. The molecule has 254 valence electrons. The van der Waals surface area contributed by atoms with Crippen molar-refractivity contribution >= 4 is 0 Å². The van der Waals surface area contributed by atoms with Crippen LogP contribution in [0.15, 0.2) is 11.6 Å². The summed E-state index contributed by atoms with van der Waals surface area (Å²) in [5.74, 6) is -1.18. The van der Waals surface area contributed by atoms with Crippen molar-refractivity contribution in [3.05, 3.63) is 11.6 Å². The number of ether oxygens (including phenoxy) is 4. The normalized spacial score (nSPS) is 61.0. The third-order valence-electron chi connectivity index (χ3n) is 15.3. The highest BCUT2D eigenvalue weighted by molar-refractivity contribution is 5.49. The molecule has 3 saturated heterocycles. The molecule has 8 aliphatic rings. The summed E-state index contributed by atoms with van der Waals surface area (Å²) < 4.78 is 25.5. The fraction of sp³-hybridized carbons (Fsp3) is 0.943. The zero-order chi connectivity index (χ0) is 32.5. The lowest BCUT2D eigenvalue weighted by Crippen LogP contribution is -2.61. The van der Waals surface area contributed by atoms with Gasteiger partial charge in [-0.05, 0) is 75.0 Å². The molecule has 5 aliphatic carbocycles. The average Bonchev–Trinajstić information content (AvgIpc) is 3.44. The maximum atomic E-state index is 12.6. The summed E-state index contributed by atoms with van der Waals surface area (Å²) in [6, 6.07) is 0. The van der Waals surface area contributed by atoms with Crippen molar-refractivity contribution in [1.82, 2.24) is 0 Å². The topological polar surface area (TPSA) is 158 Å². The average molecular weight is 635 g/mol. The lowest BCUT2D eigenvalue weighted by molar-refractivity contribution is -0.301. The molecule has 3 heterocycles. The van der Waals surface area contributed by atoms with E-state index in [9.17, 15) is 30.6 Å². The first-order chi connectivity index (χ1) is 20.8. The van der Waals surface area contributed by atoms with Crippen molar-refractivity contribution in [2.45, 2.75) is 154 Å². The molecule has 7 fully saturated rings. The maximum absolute atomic E-state index is 12.6. The van der Waals surface area contributed by atoms with Crippen LogP contribution in [-0.2, 0) is 18.9 Å². The summed E-state index contributed by atoms with van der Waals surface area (Å²) in [6.45, 7) is 14.3. The van der Waals surface area contributed by atoms with E-state index < -0.39 is 65.1 Å². The molecular formula is C35H54O10. The molecule has 0 radical (unpaired) electrons. The highest BCUT2D eigenvalue weighted by Gasteiger charge is 2.88. The Morgan fingerprint density at radius 3 is 2.40 bits per heavy atom. The van der Waals surface area contributed by atoms with Crippen LogP contribution in [0.3, 0.4) is 0 Å². The molecule has 0 amide bonds. The number of fused-ring (bicyclic) bond motifs is 4. The minimum Gasteiger partial charge on any atom is -0.392 e. The second kappa shape index (κ2) is 9.11. The highest BCUT2D eigenvalue weighted by Crippen LogP contribution is 2.89. The van der Waals surface area contributed by atoms with Crippen molar-refractivity contribution in [2.75, 3.05) is 6.61 Å². The van der Waals surface area contributed by atoms with E-state index in [0.717, 1.165) is 25.7 Å². The van der Waals surface area contributed by atoms with E-state index in [-0.39, 0.29) is 52.8 Å². The first-order valence-electron chi connectivity index (χ1n) is 17.3. The highest BCUT2D eigenvalue weighted by atomic mass is 16.8. The molecule has 3 spiro atoms. The van der Waals surface area contributed by atoms with Gasteiger partial charge in [-0.1, -0.05) is 46.3 Å². The van der Waals surface area contributed by atoms with E-state index in [1.165, 1.54) is 5.57 Å². The van der Waals surface area contributed by atoms with E-state index >= 15 is 0 Å². The fourth-order valence-electron chi connectivity index (χ4n) is 13.2. The van der Waals surface area contributed by atoms with Gasteiger partial charge in [-0.2, -0.15) is 0 Å². The Balaban J connectivity index is 1.15. The summed E-state index contributed by atoms with van der Waals surface area (Å²) in [4.78, 5) is 0. The third kappa shape index (κ3) is 3.46. The Hall–Kier alpha value is -0.660. The Labute approximate surface area is 266 Å². The van der Waals surface area contributed by atoms with Crippen LogP contribution in [-0.4, -0.2) is 104 Å². The zero-order valence-electron chi connectivity index (χ0n) is 27.8. The molecule has 3 aliphatic heterocycles. The molecule has 10 nitrogen and oxygen atoms in total. The van der Waals surface area contributed by atoms with Crippen molar-refractivity contribution in [3.63, 3.8) is 0 Å². The predicted octanol–water partition coefficient (Wildman–Crippen LogP) is 2.01. The Morgan fingerprint density at radius 2 is 1.71 bits per heavy atom. The lowest BCUT2D eigenvalue weighted by Gasteiger charge is -2.61. The first kappa shape index (κ1) is 31.6. The summed E-state index contributed by atoms with van der Waals surface area (Å²) in [7, 11) is 0. The van der Waals surface area contributed by atoms with Crippen molar-refractivity contribution in [2.24, 2.45) is 44.8 Å². The summed E-state index contributed by atoms with van der Waals surface area (Å²) in [5.41, 5.74) is -2.00. The number of aliphatic hydroxyl groups excluding tert-OH is 5. The molecule has 45 heavy (non-hydrogen) atoms. The summed E-state index contributed by atoms with van der Waals surface area (Å²) >= 11 is 0. The number of hydrogen-bond acceptors (Lipinski definition) is 10. The molecule has 0 aromatic heterocycles. The van der Waals surface area contributed by atoms with Gasteiger partial charge in [0.15, 0.2) is 12.1 Å². The Bertz CT molecular complexity index is 1300. The first-order valence-corrected chi connectivity index (χ1v) is 17.3. The number of allylic oxidation sites excluding steroid dienone is 1. The second-order valence-corrected chi connectivity index (χ2v) is 17.9. The van der Waals surface area contributed by atoms with Crippen molar-refractivity contribution in [1.29, 1.82) is 0 Å². The van der Waals surface area contributed by atoms with Crippen LogP contribution in [0.25, 0.3) is 0 Å². The lowest BCUT2D eigenvalue weighted by atomic mass is 9.44. The number of hydrogen-bond donors (Lipinski definition) is 6. The molecule has 1 unspecified atom stereocenters. The summed E-state index contributed by atoms with van der Waals surface area (Å²) in [6.07, 6.45) is -0.571. The minimum atomic E-state index is -1.33. The van der Waals surface area contributed by atoms with Crippen LogP contribution < -0.4 is 0 Å². The molecule has 0 aromatic rings. The van der Waals surface area contributed by atoms with Crippen LogP contribution in [0.1, 0.15) is 87.0 Å². The minimum absolute atomic E-state index is 0.0557. The maximum Gasteiger partial charge on any atom is 0.200 e. The van der Waals surface area contributed by atoms with Gasteiger partial charge >= 0.3 is 0 Å². The van der Waals surface area contributed by atoms with E-state index in [2.05, 4.69) is 40.7 Å². The predicted molar refractivity (Wildman–Crippen MR) is 160 cm³/mol. The number of rotatable bonds is 3. The molecule has 10 heteroatoms. The molecule has 6 N–H and O–H groups in total. The van der Waals surface area contributed by atoms with Gasteiger partial charge in [0.2, 0.25) is 0 Å². The van der Waals surface area contributed by atoms with Gasteiger partial charge in [0.1, 0.15) is 30.5 Å². The van der Waals surface area contributed by atoms with Gasteiger partial charge in [0.25, 0.3) is 0 Å². The van der Waals surface area contributed by atoms with E-state index in [4.69, 9.17) is 18.9 Å². The van der Waals surface area contributed by atoms with Crippen LogP contribution in [0.2, 0.25) is 0 Å². The SMILES string of the molecule is C[C@@H]1C[C@H]2OC3(O[C@@H]2C(C)(C)O)[C@H]1[C@@]1(C)[C@H](O)C[C@@]24C[C@@]25CC[C@H](O[C@@H]2OC[C@H](O)[C@H](O)[C@H]2O)C(C)(C)[C@@H]5CC=C4[C@]1(C)[C@H]3O. The van der Waals surface area contributed by atoms with Crippen LogP contribution in [0.4, 0.5) is 0 Å². The van der Waals surface area contributed by atoms with Crippen molar-refractivity contribution < 1.29 is 49.6 Å². The monoisotopic (exact) mass is 634 g/mol. The molecular weight excluding hydrogens is 580 g/mol. The molecule has 0 aromatic carbocycles. The van der Waals surface area contributed by atoms with Gasteiger partial charge in [0, 0.05) is 22.2 Å². The standard InChI is InChI=1S/C35H54O10/c1-16-12-18-26(30(4,5)41)45-35(44-18)25(16)32(7)21(37)13-34-15-33(34)11-10-22(43-27-24(39)23(38)17(36)14-42-27)29(2,3)19(33)8-9-20(34)31(32,6)28(35)40/h9,16-19,21-28,36-41H,8,10-15H2,1-7H3/t16-,17+,18-,19+,21-,22+,23+,24-,25-,26+,27+,28-,31-,32-,33-,34+,35?/m1/s1.